The fourth-order valence-electron chi connectivity index (χ4n) is 4.34. The van der Waals surface area contributed by atoms with Crippen molar-refractivity contribution in [1.82, 2.24) is 0 Å². The minimum atomic E-state index is 0.419. The lowest BCUT2D eigenvalue weighted by Crippen LogP contribution is -2.26. The second-order valence-electron chi connectivity index (χ2n) is 6.96. The van der Waals surface area contributed by atoms with Gasteiger partial charge in [0.1, 0.15) is 0 Å². The molecule has 0 aromatic heterocycles. The van der Waals surface area contributed by atoms with Gasteiger partial charge >= 0.3 is 0 Å². The highest BCUT2D eigenvalue weighted by molar-refractivity contribution is 4.82. The molecule has 2 saturated carbocycles. The van der Waals surface area contributed by atoms with E-state index in [-0.39, 0.29) is 0 Å². The summed E-state index contributed by atoms with van der Waals surface area (Å²) >= 11 is 0. The Morgan fingerprint density at radius 1 is 0.842 bits per heavy atom. The van der Waals surface area contributed by atoms with E-state index in [0.717, 1.165) is 17.8 Å². The Labute approximate surface area is 119 Å². The zero-order chi connectivity index (χ0) is 13.5. The number of unbranched alkanes of at least 4 members (excludes halogenated alkanes) is 1. The van der Waals surface area contributed by atoms with E-state index in [9.17, 15) is 5.11 Å². The van der Waals surface area contributed by atoms with E-state index in [2.05, 4.69) is 12.7 Å². The number of allylic oxidation sites excluding steroid dienone is 1. The van der Waals surface area contributed by atoms with E-state index >= 15 is 0 Å². The van der Waals surface area contributed by atoms with Gasteiger partial charge in [0.25, 0.3) is 0 Å². The van der Waals surface area contributed by atoms with Gasteiger partial charge in [-0.25, -0.2) is 0 Å². The second-order valence-corrected chi connectivity index (χ2v) is 6.96. The Hall–Kier alpha value is -0.300. The number of aliphatic hydroxyl groups excluding tert-OH is 1. The molecule has 110 valence electrons. The van der Waals surface area contributed by atoms with E-state index in [1.54, 1.807) is 0 Å². The Bertz CT molecular complexity index is 244. The molecule has 0 radical (unpaired) electrons. The third kappa shape index (κ3) is 4.63. The fourth-order valence-corrected chi connectivity index (χ4v) is 4.34. The maximum atomic E-state index is 9.22. The molecule has 0 aromatic carbocycles. The topological polar surface area (TPSA) is 20.2 Å². The van der Waals surface area contributed by atoms with Gasteiger partial charge in [-0.3, -0.25) is 0 Å². The van der Waals surface area contributed by atoms with Gasteiger partial charge in [-0.15, -0.1) is 6.58 Å². The summed E-state index contributed by atoms with van der Waals surface area (Å²) < 4.78 is 0. The quantitative estimate of drug-likeness (QED) is 0.532. The van der Waals surface area contributed by atoms with Crippen LogP contribution in [-0.4, -0.2) is 11.7 Å². The maximum Gasteiger partial charge on any atom is 0.0459 e. The molecule has 0 aliphatic heterocycles. The highest BCUT2D eigenvalue weighted by Gasteiger charge is 2.30. The van der Waals surface area contributed by atoms with Gasteiger partial charge in [0.05, 0.1) is 0 Å². The first-order chi connectivity index (χ1) is 9.33. The molecular weight excluding hydrogens is 232 g/mol. The molecule has 0 heterocycles. The molecule has 0 saturated heterocycles. The summed E-state index contributed by atoms with van der Waals surface area (Å²) in [6, 6.07) is 0. The fraction of sp³-hybridized carbons (Fsp3) is 0.889. The third-order valence-corrected chi connectivity index (χ3v) is 5.73. The second kappa shape index (κ2) is 8.09. The minimum absolute atomic E-state index is 0.419. The van der Waals surface area contributed by atoms with Gasteiger partial charge in [0, 0.05) is 6.61 Å². The number of hydrogen-bond donors (Lipinski definition) is 1. The van der Waals surface area contributed by atoms with Crippen molar-refractivity contribution in [3.63, 3.8) is 0 Å². The van der Waals surface area contributed by atoms with Gasteiger partial charge in [-0.05, 0) is 75.0 Å². The van der Waals surface area contributed by atoms with Gasteiger partial charge in [0.15, 0.2) is 0 Å². The molecule has 0 bridgehead atoms. The smallest absolute Gasteiger partial charge is 0.0459 e. The van der Waals surface area contributed by atoms with Gasteiger partial charge in [0.2, 0.25) is 0 Å². The minimum Gasteiger partial charge on any atom is -0.396 e. The highest BCUT2D eigenvalue weighted by Crippen LogP contribution is 2.42. The molecule has 0 amide bonds. The molecule has 2 fully saturated rings. The van der Waals surface area contributed by atoms with Crippen molar-refractivity contribution in [2.45, 2.75) is 70.6 Å². The van der Waals surface area contributed by atoms with Crippen LogP contribution in [0.5, 0.6) is 0 Å². The first kappa shape index (κ1) is 15.1. The lowest BCUT2D eigenvalue weighted by atomic mass is 9.69. The van der Waals surface area contributed by atoms with Gasteiger partial charge in [-0.1, -0.05) is 25.3 Å². The van der Waals surface area contributed by atoms with Crippen LogP contribution in [0.15, 0.2) is 12.7 Å². The Balaban J connectivity index is 1.64. The molecule has 2 rings (SSSR count). The maximum absolute atomic E-state index is 9.22. The van der Waals surface area contributed by atoms with Crippen LogP contribution in [0.2, 0.25) is 0 Å². The average molecular weight is 264 g/mol. The van der Waals surface area contributed by atoms with Crippen molar-refractivity contribution in [2.75, 3.05) is 6.61 Å². The lowest BCUT2D eigenvalue weighted by molar-refractivity contribution is 0.115. The van der Waals surface area contributed by atoms with Crippen LogP contribution >= 0.6 is 0 Å². The Morgan fingerprint density at radius 2 is 1.37 bits per heavy atom. The summed E-state index contributed by atoms with van der Waals surface area (Å²) in [6.45, 7) is 4.23. The average Bonchev–Trinajstić information content (AvgIpc) is 2.48. The summed E-state index contributed by atoms with van der Waals surface area (Å²) in [6.07, 6.45) is 17.3. The van der Waals surface area contributed by atoms with Gasteiger partial charge in [-0.2, -0.15) is 0 Å². The Morgan fingerprint density at radius 3 is 1.84 bits per heavy atom. The summed E-state index contributed by atoms with van der Waals surface area (Å²) in [4.78, 5) is 0. The van der Waals surface area contributed by atoms with Crippen molar-refractivity contribution in [3.05, 3.63) is 12.7 Å². The van der Waals surface area contributed by atoms with Crippen LogP contribution in [0.1, 0.15) is 70.6 Å². The van der Waals surface area contributed by atoms with Crippen LogP contribution in [0.3, 0.4) is 0 Å². The van der Waals surface area contributed by atoms with Crippen LogP contribution in [0.4, 0.5) is 0 Å². The van der Waals surface area contributed by atoms with Crippen LogP contribution < -0.4 is 0 Å². The van der Waals surface area contributed by atoms with Crippen molar-refractivity contribution in [1.29, 1.82) is 0 Å². The molecule has 0 spiro atoms. The van der Waals surface area contributed by atoms with Crippen LogP contribution in [-0.2, 0) is 0 Å². The highest BCUT2D eigenvalue weighted by atomic mass is 16.3. The predicted molar refractivity (Wildman–Crippen MR) is 82.0 cm³/mol. The third-order valence-electron chi connectivity index (χ3n) is 5.73. The zero-order valence-corrected chi connectivity index (χ0v) is 12.5. The summed E-state index contributed by atoms with van der Waals surface area (Å²) in [5.41, 5.74) is 0. The summed E-state index contributed by atoms with van der Waals surface area (Å²) in [5.74, 6) is 3.61. The van der Waals surface area contributed by atoms with Crippen molar-refractivity contribution in [2.24, 2.45) is 23.7 Å². The number of hydrogen-bond acceptors (Lipinski definition) is 1. The predicted octanol–water partition coefficient (Wildman–Crippen LogP) is 4.95. The van der Waals surface area contributed by atoms with Crippen molar-refractivity contribution >= 4 is 0 Å². The van der Waals surface area contributed by atoms with E-state index in [1.165, 1.54) is 70.6 Å². The molecule has 1 heteroatoms. The number of aliphatic hydroxyl groups is 1. The Kier molecular flexibility index (Phi) is 6.43. The molecule has 0 aromatic rings. The van der Waals surface area contributed by atoms with Crippen LogP contribution in [0, 0.1) is 23.7 Å². The molecule has 0 atom stereocenters. The van der Waals surface area contributed by atoms with E-state index in [4.69, 9.17) is 0 Å². The lowest BCUT2D eigenvalue weighted by Gasteiger charge is -2.37. The molecule has 1 nitrogen and oxygen atoms in total. The first-order valence-corrected chi connectivity index (χ1v) is 8.55. The van der Waals surface area contributed by atoms with Crippen LogP contribution in [0.25, 0.3) is 0 Å². The van der Waals surface area contributed by atoms with E-state index in [1.807, 2.05) is 0 Å². The summed E-state index contributed by atoms with van der Waals surface area (Å²) in [5, 5.41) is 9.22. The first-order valence-electron chi connectivity index (χ1n) is 8.55. The molecule has 0 unspecified atom stereocenters. The monoisotopic (exact) mass is 264 g/mol. The molecule has 2 aliphatic rings. The molecule has 19 heavy (non-hydrogen) atoms. The standard InChI is InChI=1S/C18H32O/c1-2-3-4-5-15-6-10-17(11-7-15)18-12-8-16(14-19)9-13-18/h2,15-19H,1,3-14H2/t15-,16?,17-,18?. The van der Waals surface area contributed by atoms with Crippen molar-refractivity contribution < 1.29 is 5.11 Å². The van der Waals surface area contributed by atoms with Crippen molar-refractivity contribution in [3.8, 4) is 0 Å². The van der Waals surface area contributed by atoms with E-state index < -0.39 is 0 Å². The molecular formula is C18H32O. The summed E-state index contributed by atoms with van der Waals surface area (Å²) in [7, 11) is 0. The largest absolute Gasteiger partial charge is 0.396 e. The van der Waals surface area contributed by atoms with E-state index in [0.29, 0.717) is 12.5 Å². The van der Waals surface area contributed by atoms with Gasteiger partial charge < -0.3 is 5.11 Å². The SMILES string of the molecule is C=CCCC[C@H]1CC[C@H](C2CCC(CO)CC2)CC1. The number of rotatable bonds is 6. The molecule has 2 aliphatic carbocycles. The normalized spacial score (nSPS) is 36.1. The zero-order valence-electron chi connectivity index (χ0n) is 12.5. The molecule has 1 N–H and O–H groups in total.